The maximum Gasteiger partial charge on any atom is 0.191 e. The normalized spacial score (nSPS) is 23.8. The van der Waals surface area contributed by atoms with Crippen molar-refractivity contribution in [1.82, 2.24) is 10.6 Å². The van der Waals surface area contributed by atoms with Crippen molar-refractivity contribution >= 4 is 35.6 Å². The number of piperidine rings is 1. The number of para-hydroxylation sites is 1. The minimum Gasteiger partial charge on any atom is -0.371 e. The van der Waals surface area contributed by atoms with Crippen LogP contribution in [0.5, 0.6) is 0 Å². The van der Waals surface area contributed by atoms with Crippen molar-refractivity contribution < 1.29 is 0 Å². The maximum atomic E-state index is 4.65. The first-order valence-corrected chi connectivity index (χ1v) is 9.67. The summed E-state index contributed by atoms with van der Waals surface area (Å²) in [5.74, 6) is 1.89. The van der Waals surface area contributed by atoms with Gasteiger partial charge in [0.15, 0.2) is 5.96 Å². The lowest BCUT2D eigenvalue weighted by Gasteiger charge is -2.34. The zero-order valence-electron chi connectivity index (χ0n) is 15.6. The lowest BCUT2D eigenvalue weighted by atomic mass is 10.0. The summed E-state index contributed by atoms with van der Waals surface area (Å²) >= 11 is 0. The topological polar surface area (TPSA) is 39.7 Å². The molecule has 3 rings (SSSR count). The van der Waals surface area contributed by atoms with Crippen LogP contribution in [0.4, 0.5) is 5.69 Å². The highest BCUT2D eigenvalue weighted by Crippen LogP contribution is 2.34. The molecule has 1 aliphatic heterocycles. The van der Waals surface area contributed by atoms with Gasteiger partial charge in [0.2, 0.25) is 0 Å². The highest BCUT2D eigenvalue weighted by Gasteiger charge is 2.36. The van der Waals surface area contributed by atoms with Crippen molar-refractivity contribution in [2.75, 3.05) is 24.5 Å². The molecule has 0 amide bonds. The second-order valence-corrected chi connectivity index (χ2v) is 7.10. The van der Waals surface area contributed by atoms with Gasteiger partial charge in [-0.2, -0.15) is 0 Å². The van der Waals surface area contributed by atoms with Crippen molar-refractivity contribution in [3.05, 3.63) is 30.3 Å². The molecule has 140 valence electrons. The van der Waals surface area contributed by atoms with E-state index in [0.29, 0.717) is 12.1 Å². The van der Waals surface area contributed by atoms with E-state index in [1.807, 2.05) is 0 Å². The molecule has 0 spiro atoms. The van der Waals surface area contributed by atoms with E-state index < -0.39 is 0 Å². The third-order valence-electron chi connectivity index (χ3n) is 5.18. The molecule has 1 aromatic rings. The predicted molar refractivity (Wildman–Crippen MR) is 118 cm³/mol. The van der Waals surface area contributed by atoms with Gasteiger partial charge < -0.3 is 15.5 Å². The smallest absolute Gasteiger partial charge is 0.191 e. The first kappa shape index (κ1) is 20.3. The average Bonchev–Trinajstić information content (AvgIpc) is 3.34. The van der Waals surface area contributed by atoms with Gasteiger partial charge in [-0.1, -0.05) is 31.5 Å². The second kappa shape index (κ2) is 10.2. The van der Waals surface area contributed by atoms with Gasteiger partial charge in [-0.3, -0.25) is 4.99 Å². The number of benzene rings is 1. The Kier molecular flexibility index (Phi) is 8.33. The van der Waals surface area contributed by atoms with Crippen molar-refractivity contribution in [1.29, 1.82) is 0 Å². The van der Waals surface area contributed by atoms with E-state index in [1.54, 1.807) is 0 Å². The first-order chi connectivity index (χ1) is 11.8. The highest BCUT2D eigenvalue weighted by atomic mass is 127. The number of hydrogen-bond acceptors (Lipinski definition) is 2. The summed E-state index contributed by atoms with van der Waals surface area (Å²) in [6.45, 7) is 7.45. The van der Waals surface area contributed by atoms with E-state index in [0.717, 1.165) is 31.5 Å². The number of hydrogen-bond donors (Lipinski definition) is 2. The Balaban J connectivity index is 0.00000225. The summed E-state index contributed by atoms with van der Waals surface area (Å²) in [4.78, 5) is 7.14. The number of aliphatic imine (C=N–C) groups is 1. The lowest BCUT2D eigenvalue weighted by molar-refractivity contribution is 0.460. The van der Waals surface area contributed by atoms with Crippen LogP contribution in [0.15, 0.2) is 35.3 Å². The summed E-state index contributed by atoms with van der Waals surface area (Å²) in [5, 5.41) is 7.32. The van der Waals surface area contributed by atoms with Gasteiger partial charge in [0.1, 0.15) is 0 Å². The standard InChI is InChI=1S/C20H32N4.HI/c1-3-8-16-15-19(16)23-20(21-4-2)22-17-11-13-24(14-12-17)18-9-6-5-7-10-18;/h5-7,9-10,16-17,19H,3-4,8,11-15H2,1-2H3,(H2,21,22,23);1H. The molecule has 2 atom stereocenters. The number of halogens is 1. The van der Waals surface area contributed by atoms with Crippen LogP contribution in [0.2, 0.25) is 0 Å². The molecule has 4 nitrogen and oxygen atoms in total. The first-order valence-electron chi connectivity index (χ1n) is 9.67. The Hall–Kier alpha value is -0.980. The van der Waals surface area contributed by atoms with E-state index in [4.69, 9.17) is 0 Å². The third-order valence-corrected chi connectivity index (χ3v) is 5.18. The zero-order chi connectivity index (χ0) is 16.8. The molecule has 5 heteroatoms. The summed E-state index contributed by atoms with van der Waals surface area (Å²) in [5.41, 5.74) is 1.34. The van der Waals surface area contributed by atoms with E-state index >= 15 is 0 Å². The Morgan fingerprint density at radius 2 is 1.84 bits per heavy atom. The molecule has 2 N–H and O–H groups in total. The number of rotatable bonds is 6. The molecule has 2 unspecified atom stereocenters. The van der Waals surface area contributed by atoms with Gasteiger partial charge in [0.05, 0.1) is 0 Å². The van der Waals surface area contributed by atoms with Crippen LogP contribution in [-0.2, 0) is 0 Å². The molecule has 1 aliphatic carbocycles. The van der Waals surface area contributed by atoms with Crippen molar-refractivity contribution in [3.8, 4) is 0 Å². The van der Waals surface area contributed by atoms with Gasteiger partial charge >= 0.3 is 0 Å². The fourth-order valence-corrected chi connectivity index (χ4v) is 3.70. The number of anilines is 1. The van der Waals surface area contributed by atoms with Gasteiger partial charge in [0.25, 0.3) is 0 Å². The summed E-state index contributed by atoms with van der Waals surface area (Å²) in [6.07, 6.45) is 6.27. The molecule has 0 bridgehead atoms. The highest BCUT2D eigenvalue weighted by molar-refractivity contribution is 14.0. The van der Waals surface area contributed by atoms with Crippen LogP contribution < -0.4 is 15.5 Å². The molecule has 25 heavy (non-hydrogen) atoms. The van der Waals surface area contributed by atoms with Crippen molar-refractivity contribution in [2.24, 2.45) is 10.9 Å². The van der Waals surface area contributed by atoms with Gasteiger partial charge in [-0.15, -0.1) is 24.0 Å². The average molecular weight is 456 g/mol. The van der Waals surface area contributed by atoms with Crippen molar-refractivity contribution in [2.45, 2.75) is 58.0 Å². The molecule has 2 aliphatic rings. The Labute approximate surface area is 169 Å². The fraction of sp³-hybridized carbons (Fsp3) is 0.650. The molecule has 0 radical (unpaired) electrons. The van der Waals surface area contributed by atoms with Crippen LogP contribution >= 0.6 is 24.0 Å². The van der Waals surface area contributed by atoms with Crippen molar-refractivity contribution in [3.63, 3.8) is 0 Å². The van der Waals surface area contributed by atoms with Crippen LogP contribution in [0.3, 0.4) is 0 Å². The monoisotopic (exact) mass is 456 g/mol. The van der Waals surface area contributed by atoms with Crippen LogP contribution in [0.25, 0.3) is 0 Å². The van der Waals surface area contributed by atoms with Crippen LogP contribution in [0.1, 0.15) is 46.0 Å². The summed E-state index contributed by atoms with van der Waals surface area (Å²) in [6, 6.07) is 11.9. The third kappa shape index (κ3) is 6.04. The van der Waals surface area contributed by atoms with E-state index in [-0.39, 0.29) is 24.0 Å². The van der Waals surface area contributed by atoms with E-state index in [1.165, 1.54) is 37.8 Å². The van der Waals surface area contributed by atoms with Crippen LogP contribution in [0, 0.1) is 5.92 Å². The molecule has 1 aromatic carbocycles. The zero-order valence-corrected chi connectivity index (χ0v) is 17.9. The summed E-state index contributed by atoms with van der Waals surface area (Å²) in [7, 11) is 0. The van der Waals surface area contributed by atoms with E-state index in [9.17, 15) is 0 Å². The minimum absolute atomic E-state index is 0. The number of nitrogens with zero attached hydrogens (tertiary/aromatic N) is 2. The fourth-order valence-electron chi connectivity index (χ4n) is 3.70. The molecular weight excluding hydrogens is 423 g/mol. The number of guanidine groups is 1. The predicted octanol–water partition coefficient (Wildman–Crippen LogP) is 4.02. The quantitative estimate of drug-likeness (QED) is 0.386. The second-order valence-electron chi connectivity index (χ2n) is 7.10. The Morgan fingerprint density at radius 3 is 2.48 bits per heavy atom. The largest absolute Gasteiger partial charge is 0.371 e. The maximum absolute atomic E-state index is 4.65. The van der Waals surface area contributed by atoms with Gasteiger partial charge in [-0.05, 0) is 50.7 Å². The van der Waals surface area contributed by atoms with Gasteiger partial charge in [0, 0.05) is 37.4 Å². The molecule has 0 aromatic heterocycles. The molecule has 1 saturated carbocycles. The Morgan fingerprint density at radius 1 is 1.12 bits per heavy atom. The molecule has 1 saturated heterocycles. The SMILES string of the molecule is CCCC1CC1NC(=NCC)NC1CCN(c2ccccc2)CC1.I. The number of nitrogens with one attached hydrogen (secondary N) is 2. The minimum atomic E-state index is 0. The van der Waals surface area contributed by atoms with Crippen LogP contribution in [-0.4, -0.2) is 37.7 Å². The molecule has 1 heterocycles. The van der Waals surface area contributed by atoms with E-state index in [2.05, 4.69) is 64.7 Å². The van der Waals surface area contributed by atoms with Gasteiger partial charge in [-0.25, -0.2) is 0 Å². The summed E-state index contributed by atoms with van der Waals surface area (Å²) < 4.78 is 0. The molecule has 2 fully saturated rings. The molecular formula is C20H33IN4. The Bertz CT molecular complexity index is 526. The lowest BCUT2D eigenvalue weighted by Crippen LogP contribution is -2.49.